The fourth-order valence-electron chi connectivity index (χ4n) is 2.97. The van der Waals surface area contributed by atoms with E-state index in [4.69, 9.17) is 0 Å². The summed E-state index contributed by atoms with van der Waals surface area (Å²) in [4.78, 5) is 12.5. The topological polar surface area (TPSA) is 87.3 Å². The Balaban J connectivity index is 1.76. The van der Waals surface area contributed by atoms with Crippen LogP contribution in [-0.2, 0) is 10.0 Å². The van der Waals surface area contributed by atoms with Crippen LogP contribution in [0.4, 0.5) is 5.69 Å². The Labute approximate surface area is 154 Å². The van der Waals surface area contributed by atoms with Crippen molar-refractivity contribution >= 4 is 21.6 Å². The number of rotatable bonds is 5. The number of benzene rings is 2. The molecule has 1 atom stereocenters. The van der Waals surface area contributed by atoms with Gasteiger partial charge in [-0.05, 0) is 62.2 Å². The number of amides is 1. The second-order valence-electron chi connectivity index (χ2n) is 6.52. The van der Waals surface area contributed by atoms with Gasteiger partial charge in [-0.25, -0.2) is 8.42 Å². The Bertz CT molecular complexity index is 890. The monoisotopic (exact) mass is 373 g/mol. The minimum Gasteiger partial charge on any atom is -0.348 e. The summed E-state index contributed by atoms with van der Waals surface area (Å²) in [7, 11) is -3.76. The molecule has 3 rings (SSSR count). The summed E-state index contributed by atoms with van der Waals surface area (Å²) >= 11 is 0. The van der Waals surface area contributed by atoms with Gasteiger partial charge in [0, 0.05) is 23.8 Å². The van der Waals surface area contributed by atoms with E-state index in [0.717, 1.165) is 31.5 Å². The van der Waals surface area contributed by atoms with E-state index in [1.165, 1.54) is 12.1 Å². The minimum absolute atomic E-state index is 0.0634. The number of carbonyl (C=O) groups excluding carboxylic acids is 1. The zero-order valence-electron chi connectivity index (χ0n) is 14.7. The minimum atomic E-state index is -3.76. The maximum absolute atomic E-state index is 12.6. The lowest BCUT2D eigenvalue weighted by molar-refractivity contribution is 0.0930. The summed E-state index contributed by atoms with van der Waals surface area (Å²) in [5.74, 6) is -0.258. The van der Waals surface area contributed by atoms with Crippen LogP contribution in [0.25, 0.3) is 0 Å². The van der Waals surface area contributed by atoms with Gasteiger partial charge in [-0.2, -0.15) is 0 Å². The summed E-state index contributed by atoms with van der Waals surface area (Å²) in [6.45, 7) is 3.59. The third-order valence-electron chi connectivity index (χ3n) is 4.31. The number of hydrogen-bond donors (Lipinski definition) is 3. The summed E-state index contributed by atoms with van der Waals surface area (Å²) in [5.41, 5.74) is 1.79. The fraction of sp³-hybridized carbons (Fsp3) is 0.316. The Morgan fingerprint density at radius 1 is 1.15 bits per heavy atom. The van der Waals surface area contributed by atoms with Crippen molar-refractivity contribution in [2.75, 3.05) is 17.8 Å². The number of hydrogen-bond acceptors (Lipinski definition) is 4. The molecule has 1 aliphatic rings. The van der Waals surface area contributed by atoms with E-state index >= 15 is 0 Å². The number of carbonyl (C=O) groups is 1. The van der Waals surface area contributed by atoms with Crippen molar-refractivity contribution in [3.05, 3.63) is 59.7 Å². The molecule has 1 heterocycles. The smallest absolute Gasteiger partial charge is 0.261 e. The van der Waals surface area contributed by atoms with Crippen LogP contribution < -0.4 is 15.4 Å². The first kappa shape index (κ1) is 18.4. The molecule has 3 N–H and O–H groups in total. The highest BCUT2D eigenvalue weighted by Gasteiger charge is 2.19. The van der Waals surface area contributed by atoms with E-state index in [1.807, 2.05) is 13.0 Å². The Morgan fingerprint density at radius 3 is 2.69 bits per heavy atom. The van der Waals surface area contributed by atoms with Gasteiger partial charge >= 0.3 is 0 Å². The second kappa shape index (κ2) is 7.88. The lowest BCUT2D eigenvalue weighted by atomic mass is 10.1. The van der Waals surface area contributed by atoms with Crippen molar-refractivity contribution < 1.29 is 13.2 Å². The van der Waals surface area contributed by atoms with Crippen LogP contribution in [0.1, 0.15) is 28.8 Å². The second-order valence-corrected chi connectivity index (χ2v) is 8.20. The van der Waals surface area contributed by atoms with Gasteiger partial charge in [0.05, 0.1) is 4.90 Å². The van der Waals surface area contributed by atoms with Crippen LogP contribution in [-0.4, -0.2) is 33.5 Å². The first-order valence-corrected chi connectivity index (χ1v) is 10.1. The zero-order valence-corrected chi connectivity index (χ0v) is 15.5. The highest BCUT2D eigenvalue weighted by atomic mass is 32.2. The standard InChI is InChI=1S/C19H23N3O3S/c1-14-5-2-7-16(11-14)22-26(24,25)18-9-3-6-15(12-18)19(23)21-17-8-4-10-20-13-17/h2-3,5-7,9,11-12,17,20,22H,4,8,10,13H2,1H3,(H,21,23)/t17-/m0/s1. The fourth-order valence-corrected chi connectivity index (χ4v) is 4.07. The number of piperidine rings is 1. The number of sulfonamides is 1. The Hall–Kier alpha value is -2.38. The van der Waals surface area contributed by atoms with Crippen LogP contribution in [0.15, 0.2) is 53.4 Å². The molecule has 7 heteroatoms. The molecule has 1 fully saturated rings. The SMILES string of the molecule is Cc1cccc(NS(=O)(=O)c2cccc(C(=O)N[C@H]3CCCNC3)c2)c1. The number of anilines is 1. The third-order valence-corrected chi connectivity index (χ3v) is 5.69. The maximum atomic E-state index is 12.6. The average Bonchev–Trinajstić information content (AvgIpc) is 2.62. The molecule has 0 radical (unpaired) electrons. The molecule has 0 spiro atoms. The molecular formula is C19H23N3O3S. The van der Waals surface area contributed by atoms with E-state index in [0.29, 0.717) is 11.3 Å². The molecule has 1 saturated heterocycles. The van der Waals surface area contributed by atoms with Crippen LogP contribution in [0.5, 0.6) is 0 Å². The first-order valence-electron chi connectivity index (χ1n) is 8.65. The van der Waals surface area contributed by atoms with Crippen molar-refractivity contribution in [2.24, 2.45) is 0 Å². The van der Waals surface area contributed by atoms with Crippen molar-refractivity contribution in [2.45, 2.75) is 30.7 Å². The maximum Gasteiger partial charge on any atom is 0.261 e. The summed E-state index contributed by atoms with van der Waals surface area (Å²) < 4.78 is 27.8. The molecule has 1 amide bonds. The molecule has 0 aliphatic carbocycles. The van der Waals surface area contributed by atoms with Crippen molar-refractivity contribution in [1.29, 1.82) is 0 Å². The predicted octanol–water partition coefficient (Wildman–Crippen LogP) is 2.28. The van der Waals surface area contributed by atoms with Crippen molar-refractivity contribution in [1.82, 2.24) is 10.6 Å². The van der Waals surface area contributed by atoms with E-state index in [9.17, 15) is 13.2 Å². The van der Waals surface area contributed by atoms with Gasteiger partial charge < -0.3 is 10.6 Å². The van der Waals surface area contributed by atoms with Crippen LogP contribution in [0.2, 0.25) is 0 Å². The molecule has 26 heavy (non-hydrogen) atoms. The highest BCUT2D eigenvalue weighted by Crippen LogP contribution is 2.18. The highest BCUT2D eigenvalue weighted by molar-refractivity contribution is 7.92. The molecule has 138 valence electrons. The van der Waals surface area contributed by atoms with E-state index < -0.39 is 10.0 Å². The lowest BCUT2D eigenvalue weighted by Crippen LogP contribution is -2.45. The summed E-state index contributed by atoms with van der Waals surface area (Å²) in [5, 5.41) is 6.19. The largest absolute Gasteiger partial charge is 0.348 e. The summed E-state index contributed by atoms with van der Waals surface area (Å²) in [6, 6.07) is 13.3. The van der Waals surface area contributed by atoms with Crippen molar-refractivity contribution in [3.63, 3.8) is 0 Å². The van der Waals surface area contributed by atoms with E-state index in [1.54, 1.807) is 30.3 Å². The molecule has 2 aromatic carbocycles. The number of nitrogens with one attached hydrogen (secondary N) is 3. The molecule has 2 aromatic rings. The normalized spacial score (nSPS) is 17.5. The quantitative estimate of drug-likeness (QED) is 0.750. The van der Waals surface area contributed by atoms with E-state index in [-0.39, 0.29) is 16.8 Å². The molecule has 0 aromatic heterocycles. The molecule has 0 bridgehead atoms. The lowest BCUT2D eigenvalue weighted by Gasteiger charge is -2.23. The Morgan fingerprint density at radius 2 is 1.96 bits per heavy atom. The molecular weight excluding hydrogens is 350 g/mol. The van der Waals surface area contributed by atoms with Crippen LogP contribution in [0.3, 0.4) is 0 Å². The van der Waals surface area contributed by atoms with Gasteiger partial charge in [0.1, 0.15) is 0 Å². The van der Waals surface area contributed by atoms with E-state index in [2.05, 4.69) is 15.4 Å². The third kappa shape index (κ3) is 4.62. The van der Waals surface area contributed by atoms with Gasteiger partial charge in [0.2, 0.25) is 0 Å². The molecule has 6 nitrogen and oxygen atoms in total. The van der Waals surface area contributed by atoms with Crippen LogP contribution >= 0.6 is 0 Å². The predicted molar refractivity (Wildman–Crippen MR) is 102 cm³/mol. The zero-order chi connectivity index (χ0) is 18.6. The van der Waals surface area contributed by atoms with Crippen molar-refractivity contribution in [3.8, 4) is 0 Å². The summed E-state index contributed by atoms with van der Waals surface area (Å²) in [6.07, 6.45) is 1.94. The average molecular weight is 373 g/mol. The van der Waals surface area contributed by atoms with Crippen LogP contribution in [0, 0.1) is 6.92 Å². The van der Waals surface area contributed by atoms with Gasteiger partial charge in [0.25, 0.3) is 15.9 Å². The number of aryl methyl sites for hydroxylation is 1. The van der Waals surface area contributed by atoms with Gasteiger partial charge in [0.15, 0.2) is 0 Å². The first-order chi connectivity index (χ1) is 12.4. The molecule has 0 unspecified atom stereocenters. The Kier molecular flexibility index (Phi) is 5.58. The molecule has 0 saturated carbocycles. The van der Waals surface area contributed by atoms with Gasteiger partial charge in [-0.1, -0.05) is 18.2 Å². The van der Waals surface area contributed by atoms with Gasteiger partial charge in [-0.3, -0.25) is 9.52 Å². The van der Waals surface area contributed by atoms with Gasteiger partial charge in [-0.15, -0.1) is 0 Å². The molecule has 1 aliphatic heterocycles.